The summed E-state index contributed by atoms with van der Waals surface area (Å²) in [6.45, 7) is 4.66. The summed E-state index contributed by atoms with van der Waals surface area (Å²) in [6.07, 6.45) is 1.07. The zero-order chi connectivity index (χ0) is 11.5. The molecule has 1 aliphatic heterocycles. The number of nitrogens with two attached hydrogens (primary N) is 2. The summed E-state index contributed by atoms with van der Waals surface area (Å²) in [6, 6.07) is 6.28. The summed E-state index contributed by atoms with van der Waals surface area (Å²) in [5, 5.41) is 0. The van der Waals surface area contributed by atoms with E-state index >= 15 is 0 Å². The first-order valence-electron chi connectivity index (χ1n) is 5.71. The lowest BCUT2D eigenvalue weighted by atomic mass is 10.1. The second kappa shape index (κ2) is 4.61. The van der Waals surface area contributed by atoms with E-state index in [2.05, 4.69) is 11.8 Å². The summed E-state index contributed by atoms with van der Waals surface area (Å²) < 4.78 is 5.48. The van der Waals surface area contributed by atoms with E-state index in [1.807, 2.05) is 18.2 Å². The fourth-order valence-corrected chi connectivity index (χ4v) is 2.07. The molecule has 1 fully saturated rings. The van der Waals surface area contributed by atoms with Gasteiger partial charge < -0.3 is 21.1 Å². The SMILES string of the molecule is CCC1COCCN1c1ccc(N)c(N)c1. The highest BCUT2D eigenvalue weighted by Crippen LogP contribution is 2.26. The third kappa shape index (κ3) is 2.07. The molecule has 1 aromatic carbocycles. The fraction of sp³-hybridized carbons (Fsp3) is 0.500. The molecular weight excluding hydrogens is 202 g/mol. The number of nitrogens with zero attached hydrogens (tertiary/aromatic N) is 1. The largest absolute Gasteiger partial charge is 0.397 e. The van der Waals surface area contributed by atoms with Crippen LogP contribution in [0.2, 0.25) is 0 Å². The van der Waals surface area contributed by atoms with E-state index in [0.717, 1.165) is 31.9 Å². The Labute approximate surface area is 96.2 Å². The standard InChI is InChI=1S/C12H19N3O/c1-2-9-8-16-6-5-15(9)10-3-4-11(13)12(14)7-10/h3-4,7,9H,2,5-6,8,13-14H2,1H3. The van der Waals surface area contributed by atoms with Crippen molar-refractivity contribution >= 4 is 17.1 Å². The molecule has 0 saturated carbocycles. The van der Waals surface area contributed by atoms with Crippen LogP contribution < -0.4 is 16.4 Å². The van der Waals surface area contributed by atoms with Gasteiger partial charge in [-0.05, 0) is 24.6 Å². The number of anilines is 3. The molecule has 0 aromatic heterocycles. The molecule has 4 nitrogen and oxygen atoms in total. The van der Waals surface area contributed by atoms with Gasteiger partial charge in [-0.15, -0.1) is 0 Å². The van der Waals surface area contributed by atoms with Gasteiger partial charge in [0.1, 0.15) is 0 Å². The summed E-state index contributed by atoms with van der Waals surface area (Å²) in [7, 11) is 0. The van der Waals surface area contributed by atoms with E-state index in [0.29, 0.717) is 17.4 Å². The summed E-state index contributed by atoms with van der Waals surface area (Å²) in [4.78, 5) is 2.35. The van der Waals surface area contributed by atoms with Crippen LogP contribution in [0, 0.1) is 0 Å². The van der Waals surface area contributed by atoms with Gasteiger partial charge in [0.2, 0.25) is 0 Å². The van der Waals surface area contributed by atoms with Crippen molar-refractivity contribution < 1.29 is 4.74 Å². The van der Waals surface area contributed by atoms with E-state index in [1.165, 1.54) is 0 Å². The van der Waals surface area contributed by atoms with Gasteiger partial charge in [-0.3, -0.25) is 0 Å². The Morgan fingerprint density at radius 1 is 1.38 bits per heavy atom. The van der Waals surface area contributed by atoms with Crippen LogP contribution in [0.3, 0.4) is 0 Å². The number of hydrogen-bond donors (Lipinski definition) is 2. The molecule has 0 amide bonds. The van der Waals surface area contributed by atoms with Crippen LogP contribution in [-0.2, 0) is 4.74 Å². The highest BCUT2D eigenvalue weighted by atomic mass is 16.5. The molecule has 0 aliphatic carbocycles. The summed E-state index contributed by atoms with van der Waals surface area (Å²) >= 11 is 0. The maximum atomic E-state index is 5.83. The topological polar surface area (TPSA) is 64.5 Å². The minimum atomic E-state index is 0.441. The van der Waals surface area contributed by atoms with Crippen molar-refractivity contribution in [2.45, 2.75) is 19.4 Å². The van der Waals surface area contributed by atoms with Crippen LogP contribution >= 0.6 is 0 Å². The Balaban J connectivity index is 2.23. The molecule has 2 rings (SSSR count). The maximum Gasteiger partial charge on any atom is 0.0670 e. The minimum absolute atomic E-state index is 0.441. The van der Waals surface area contributed by atoms with Gasteiger partial charge in [-0.25, -0.2) is 0 Å². The number of ether oxygens (including phenoxy) is 1. The third-order valence-corrected chi connectivity index (χ3v) is 3.10. The molecule has 1 aliphatic rings. The lowest BCUT2D eigenvalue weighted by Gasteiger charge is -2.37. The molecule has 1 saturated heterocycles. The van der Waals surface area contributed by atoms with Gasteiger partial charge in [0.15, 0.2) is 0 Å². The van der Waals surface area contributed by atoms with E-state index in [-0.39, 0.29) is 0 Å². The van der Waals surface area contributed by atoms with Crippen molar-refractivity contribution in [3.63, 3.8) is 0 Å². The highest BCUT2D eigenvalue weighted by Gasteiger charge is 2.21. The quantitative estimate of drug-likeness (QED) is 0.742. The van der Waals surface area contributed by atoms with Crippen LogP contribution in [0.1, 0.15) is 13.3 Å². The van der Waals surface area contributed by atoms with E-state index < -0.39 is 0 Å². The Morgan fingerprint density at radius 2 is 2.19 bits per heavy atom. The lowest BCUT2D eigenvalue weighted by molar-refractivity contribution is 0.0930. The van der Waals surface area contributed by atoms with E-state index in [1.54, 1.807) is 0 Å². The van der Waals surface area contributed by atoms with Gasteiger partial charge in [0.25, 0.3) is 0 Å². The van der Waals surface area contributed by atoms with Crippen molar-refractivity contribution in [3.8, 4) is 0 Å². The van der Waals surface area contributed by atoms with Gasteiger partial charge in [-0.1, -0.05) is 6.92 Å². The summed E-state index contributed by atoms with van der Waals surface area (Å²) in [5.74, 6) is 0. The molecule has 88 valence electrons. The molecule has 1 unspecified atom stereocenters. The van der Waals surface area contributed by atoms with Gasteiger partial charge in [0.05, 0.1) is 30.6 Å². The predicted molar refractivity (Wildman–Crippen MR) is 67.5 cm³/mol. The molecule has 4 N–H and O–H groups in total. The van der Waals surface area contributed by atoms with Crippen molar-refractivity contribution in [2.75, 3.05) is 36.1 Å². The Bertz CT molecular complexity index is 367. The van der Waals surface area contributed by atoms with Crippen LogP contribution in [-0.4, -0.2) is 25.8 Å². The predicted octanol–water partition coefficient (Wildman–Crippen LogP) is 1.47. The molecule has 4 heteroatoms. The molecule has 1 atom stereocenters. The van der Waals surface area contributed by atoms with Crippen LogP contribution in [0.4, 0.5) is 17.1 Å². The van der Waals surface area contributed by atoms with E-state index in [4.69, 9.17) is 16.2 Å². The highest BCUT2D eigenvalue weighted by molar-refractivity contribution is 5.70. The third-order valence-electron chi connectivity index (χ3n) is 3.10. The van der Waals surface area contributed by atoms with Crippen molar-refractivity contribution in [1.82, 2.24) is 0 Å². The lowest BCUT2D eigenvalue weighted by Crippen LogP contribution is -2.45. The van der Waals surface area contributed by atoms with Gasteiger partial charge >= 0.3 is 0 Å². The average Bonchev–Trinajstić information content (AvgIpc) is 2.32. The van der Waals surface area contributed by atoms with Gasteiger partial charge in [-0.2, -0.15) is 0 Å². The zero-order valence-corrected chi connectivity index (χ0v) is 9.65. The number of rotatable bonds is 2. The maximum absolute atomic E-state index is 5.83. The Hall–Kier alpha value is -1.42. The van der Waals surface area contributed by atoms with Crippen molar-refractivity contribution in [1.29, 1.82) is 0 Å². The smallest absolute Gasteiger partial charge is 0.0670 e. The second-order valence-electron chi connectivity index (χ2n) is 4.14. The first kappa shape index (κ1) is 11.1. The minimum Gasteiger partial charge on any atom is -0.397 e. The monoisotopic (exact) mass is 221 g/mol. The van der Waals surface area contributed by atoms with Gasteiger partial charge in [0, 0.05) is 12.2 Å². The number of hydrogen-bond acceptors (Lipinski definition) is 4. The molecule has 0 bridgehead atoms. The molecule has 0 spiro atoms. The number of morpholine rings is 1. The zero-order valence-electron chi connectivity index (χ0n) is 9.65. The first-order valence-corrected chi connectivity index (χ1v) is 5.71. The Kier molecular flexibility index (Phi) is 3.19. The van der Waals surface area contributed by atoms with Crippen LogP contribution in [0.5, 0.6) is 0 Å². The van der Waals surface area contributed by atoms with Crippen molar-refractivity contribution in [3.05, 3.63) is 18.2 Å². The van der Waals surface area contributed by atoms with Crippen LogP contribution in [0.25, 0.3) is 0 Å². The van der Waals surface area contributed by atoms with E-state index in [9.17, 15) is 0 Å². The summed E-state index contributed by atoms with van der Waals surface area (Å²) in [5.41, 5.74) is 14.0. The molecule has 0 radical (unpaired) electrons. The molecule has 16 heavy (non-hydrogen) atoms. The first-order chi connectivity index (χ1) is 7.72. The Morgan fingerprint density at radius 3 is 2.88 bits per heavy atom. The molecular formula is C12H19N3O. The van der Waals surface area contributed by atoms with Crippen LogP contribution in [0.15, 0.2) is 18.2 Å². The number of benzene rings is 1. The second-order valence-corrected chi connectivity index (χ2v) is 4.14. The van der Waals surface area contributed by atoms with Crippen molar-refractivity contribution in [2.24, 2.45) is 0 Å². The molecule has 1 aromatic rings. The fourth-order valence-electron chi connectivity index (χ4n) is 2.07. The normalized spacial score (nSPS) is 21.1. The molecule has 1 heterocycles. The average molecular weight is 221 g/mol. The number of nitrogen functional groups attached to an aromatic ring is 2.